The summed E-state index contributed by atoms with van der Waals surface area (Å²) in [6.07, 6.45) is 0.324. The highest BCUT2D eigenvalue weighted by Gasteiger charge is 2.15. The zero-order valence-electron chi connectivity index (χ0n) is 14.2. The lowest BCUT2D eigenvalue weighted by Crippen LogP contribution is -2.28. The molecule has 0 atom stereocenters. The smallest absolute Gasteiger partial charge is 0.251 e. The third-order valence-electron chi connectivity index (χ3n) is 4.15. The number of nitrogens with one attached hydrogen (secondary N) is 2. The summed E-state index contributed by atoms with van der Waals surface area (Å²) in [5.41, 5.74) is 2.94. The van der Waals surface area contributed by atoms with Gasteiger partial charge in [0.15, 0.2) is 0 Å². The Morgan fingerprint density at radius 1 is 1.04 bits per heavy atom. The monoisotopic (exact) mass is 356 g/mol. The number of aromatic nitrogens is 1. The molecule has 0 spiro atoms. The Balaban J connectivity index is 1.78. The van der Waals surface area contributed by atoms with Gasteiger partial charge in [0.05, 0.1) is 4.90 Å². The zero-order chi connectivity index (χ0) is 18.0. The Morgan fingerprint density at radius 2 is 1.80 bits per heavy atom. The van der Waals surface area contributed by atoms with Crippen LogP contribution in [-0.2, 0) is 16.4 Å². The number of pyridine rings is 1. The van der Waals surface area contributed by atoms with E-state index < -0.39 is 10.0 Å². The van der Waals surface area contributed by atoms with Crippen molar-refractivity contribution in [1.29, 1.82) is 0 Å². The molecule has 0 aliphatic rings. The first-order chi connectivity index (χ1) is 11.9. The SMILES string of the molecule is Cc1ccc2[nH]c(=O)c(CCNS(=O)(=O)c3ccccc3C)cc2c1. The second-order valence-corrected chi connectivity index (χ2v) is 7.86. The Hall–Kier alpha value is -2.44. The largest absolute Gasteiger partial charge is 0.322 e. The number of fused-ring (bicyclic) bond motifs is 1. The summed E-state index contributed by atoms with van der Waals surface area (Å²) >= 11 is 0. The summed E-state index contributed by atoms with van der Waals surface area (Å²) in [6, 6.07) is 14.4. The van der Waals surface area contributed by atoms with Crippen LogP contribution in [0.5, 0.6) is 0 Å². The fourth-order valence-electron chi connectivity index (χ4n) is 2.81. The summed E-state index contributed by atoms with van der Waals surface area (Å²) in [7, 11) is -3.59. The minimum Gasteiger partial charge on any atom is -0.322 e. The van der Waals surface area contributed by atoms with Crippen molar-refractivity contribution in [3.05, 3.63) is 75.6 Å². The summed E-state index contributed by atoms with van der Waals surface area (Å²) < 4.78 is 27.3. The van der Waals surface area contributed by atoms with Gasteiger partial charge in [0.2, 0.25) is 10.0 Å². The molecule has 0 saturated carbocycles. The normalized spacial score (nSPS) is 11.8. The minimum atomic E-state index is -3.59. The predicted octanol–water partition coefficient (Wildman–Crippen LogP) is 2.67. The standard InChI is InChI=1S/C19H20N2O3S/c1-13-7-8-17-16(11-13)12-15(19(22)21-17)9-10-20-25(23,24)18-6-4-3-5-14(18)2/h3-8,11-12,20H,9-10H2,1-2H3,(H,21,22). The van der Waals surface area contributed by atoms with Crippen LogP contribution in [0.15, 0.2) is 58.2 Å². The second kappa shape index (κ2) is 6.82. The van der Waals surface area contributed by atoms with Crippen LogP contribution in [0.25, 0.3) is 10.9 Å². The van der Waals surface area contributed by atoms with Crippen LogP contribution >= 0.6 is 0 Å². The van der Waals surface area contributed by atoms with Crippen LogP contribution in [0, 0.1) is 13.8 Å². The van der Waals surface area contributed by atoms with Crippen molar-refractivity contribution in [2.75, 3.05) is 6.54 Å². The molecule has 3 aromatic rings. The number of aromatic amines is 1. The van der Waals surface area contributed by atoms with Crippen LogP contribution in [-0.4, -0.2) is 19.9 Å². The van der Waals surface area contributed by atoms with Gasteiger partial charge in [-0.2, -0.15) is 0 Å². The molecule has 0 amide bonds. The molecule has 0 aliphatic carbocycles. The van der Waals surface area contributed by atoms with E-state index in [1.54, 1.807) is 31.2 Å². The average Bonchev–Trinajstić information content (AvgIpc) is 2.56. The maximum Gasteiger partial charge on any atom is 0.251 e. The molecule has 3 rings (SSSR count). The fraction of sp³-hybridized carbons (Fsp3) is 0.211. The molecule has 5 nitrogen and oxygen atoms in total. The molecule has 0 aliphatic heterocycles. The van der Waals surface area contributed by atoms with E-state index in [9.17, 15) is 13.2 Å². The number of aryl methyl sites for hydroxylation is 2. The molecule has 25 heavy (non-hydrogen) atoms. The van der Waals surface area contributed by atoms with E-state index >= 15 is 0 Å². The molecule has 2 N–H and O–H groups in total. The van der Waals surface area contributed by atoms with Gasteiger partial charge in [0.25, 0.3) is 5.56 Å². The Kier molecular flexibility index (Phi) is 4.74. The molecule has 6 heteroatoms. The third kappa shape index (κ3) is 3.81. The van der Waals surface area contributed by atoms with Crippen LogP contribution in [0.3, 0.4) is 0 Å². The third-order valence-corrected chi connectivity index (χ3v) is 5.77. The lowest BCUT2D eigenvalue weighted by molar-refractivity contribution is 0.581. The van der Waals surface area contributed by atoms with Crippen molar-refractivity contribution in [2.45, 2.75) is 25.2 Å². The number of H-pyrrole nitrogens is 1. The summed E-state index contributed by atoms with van der Waals surface area (Å²) in [6.45, 7) is 3.91. The Bertz CT molecular complexity index is 1090. The van der Waals surface area contributed by atoms with Crippen LogP contribution < -0.4 is 10.3 Å². The molecule has 1 heterocycles. The lowest BCUT2D eigenvalue weighted by atomic mass is 10.1. The molecular formula is C19H20N2O3S. The van der Waals surface area contributed by atoms with Gasteiger partial charge in [-0.05, 0) is 55.5 Å². The van der Waals surface area contributed by atoms with E-state index in [-0.39, 0.29) is 17.0 Å². The molecule has 0 unspecified atom stereocenters. The quantitative estimate of drug-likeness (QED) is 0.738. The van der Waals surface area contributed by atoms with Gasteiger partial charge in [-0.3, -0.25) is 4.79 Å². The van der Waals surface area contributed by atoms with Crippen molar-refractivity contribution in [3.8, 4) is 0 Å². The molecule has 0 saturated heterocycles. The van der Waals surface area contributed by atoms with Gasteiger partial charge in [-0.15, -0.1) is 0 Å². The molecule has 0 fully saturated rings. The number of benzene rings is 2. The first kappa shape index (κ1) is 17.4. The lowest BCUT2D eigenvalue weighted by Gasteiger charge is -2.09. The van der Waals surface area contributed by atoms with Gasteiger partial charge in [-0.1, -0.05) is 29.8 Å². The van der Waals surface area contributed by atoms with Gasteiger partial charge >= 0.3 is 0 Å². The maximum atomic E-state index is 12.4. The summed E-state index contributed by atoms with van der Waals surface area (Å²) in [4.78, 5) is 15.3. The Labute approximate surface area is 146 Å². The molecule has 130 valence electrons. The van der Waals surface area contributed by atoms with E-state index in [4.69, 9.17) is 0 Å². The highest BCUT2D eigenvalue weighted by atomic mass is 32.2. The highest BCUT2D eigenvalue weighted by Crippen LogP contribution is 2.15. The number of hydrogen-bond donors (Lipinski definition) is 2. The van der Waals surface area contributed by atoms with Crippen molar-refractivity contribution in [2.24, 2.45) is 0 Å². The predicted molar refractivity (Wildman–Crippen MR) is 99.4 cm³/mol. The number of rotatable bonds is 5. The van der Waals surface area contributed by atoms with Gasteiger partial charge in [0, 0.05) is 17.6 Å². The molecule has 2 aromatic carbocycles. The number of hydrogen-bond acceptors (Lipinski definition) is 3. The Morgan fingerprint density at radius 3 is 2.56 bits per heavy atom. The maximum absolute atomic E-state index is 12.4. The molecular weight excluding hydrogens is 336 g/mol. The van der Waals surface area contributed by atoms with Crippen molar-refractivity contribution in [3.63, 3.8) is 0 Å². The van der Waals surface area contributed by atoms with Gasteiger partial charge in [0.1, 0.15) is 0 Å². The van der Waals surface area contributed by atoms with E-state index in [0.29, 0.717) is 17.5 Å². The van der Waals surface area contributed by atoms with Gasteiger partial charge < -0.3 is 4.98 Å². The molecule has 1 aromatic heterocycles. The van der Waals surface area contributed by atoms with Crippen LogP contribution in [0.2, 0.25) is 0 Å². The first-order valence-electron chi connectivity index (χ1n) is 8.05. The highest BCUT2D eigenvalue weighted by molar-refractivity contribution is 7.89. The van der Waals surface area contributed by atoms with Crippen LogP contribution in [0.4, 0.5) is 0 Å². The fourth-order valence-corrected chi connectivity index (χ4v) is 4.09. The van der Waals surface area contributed by atoms with E-state index in [0.717, 1.165) is 16.5 Å². The number of sulfonamides is 1. The summed E-state index contributed by atoms with van der Waals surface area (Å²) in [5.74, 6) is 0. The summed E-state index contributed by atoms with van der Waals surface area (Å²) in [5, 5.41) is 0.941. The van der Waals surface area contributed by atoms with E-state index in [1.165, 1.54) is 0 Å². The molecule has 0 bridgehead atoms. The average molecular weight is 356 g/mol. The van der Waals surface area contributed by atoms with Crippen LogP contribution in [0.1, 0.15) is 16.7 Å². The topological polar surface area (TPSA) is 79.0 Å². The second-order valence-electron chi connectivity index (χ2n) is 6.13. The van der Waals surface area contributed by atoms with Gasteiger partial charge in [-0.25, -0.2) is 13.1 Å². The minimum absolute atomic E-state index is 0.164. The van der Waals surface area contributed by atoms with Crippen molar-refractivity contribution >= 4 is 20.9 Å². The van der Waals surface area contributed by atoms with Crippen molar-refractivity contribution < 1.29 is 8.42 Å². The first-order valence-corrected chi connectivity index (χ1v) is 9.53. The van der Waals surface area contributed by atoms with E-state index in [2.05, 4.69) is 9.71 Å². The van der Waals surface area contributed by atoms with E-state index in [1.807, 2.05) is 31.2 Å². The van der Waals surface area contributed by atoms with Crippen molar-refractivity contribution in [1.82, 2.24) is 9.71 Å². The molecule has 0 radical (unpaired) electrons. The zero-order valence-corrected chi connectivity index (χ0v) is 15.0.